The van der Waals surface area contributed by atoms with E-state index in [1.54, 1.807) is 11.6 Å². The predicted octanol–water partition coefficient (Wildman–Crippen LogP) is 1.68. The molecule has 0 aliphatic carbocycles. The van der Waals surface area contributed by atoms with Crippen LogP contribution in [0.25, 0.3) is 5.69 Å². The zero-order valence-electron chi connectivity index (χ0n) is 13.6. The van der Waals surface area contributed by atoms with Crippen LogP contribution in [-0.2, 0) is 11.2 Å². The lowest BCUT2D eigenvalue weighted by molar-refractivity contribution is -0.119. The molecule has 0 fully saturated rings. The number of rotatable bonds is 7. The van der Waals surface area contributed by atoms with Crippen molar-refractivity contribution in [3.05, 3.63) is 29.8 Å². The van der Waals surface area contributed by atoms with Crippen molar-refractivity contribution in [1.29, 1.82) is 0 Å². The summed E-state index contributed by atoms with van der Waals surface area (Å²) in [6, 6.07) is 7.10. The van der Waals surface area contributed by atoms with E-state index in [9.17, 15) is 9.59 Å². The normalized spacial score (nSPS) is 11.9. The molecule has 0 saturated heterocycles. The second kappa shape index (κ2) is 8.44. The predicted molar refractivity (Wildman–Crippen MR) is 90.8 cm³/mol. The number of carbonyl (C=O) groups is 2. The number of tetrazole rings is 1. The molecule has 1 atom stereocenters. The molecule has 0 spiro atoms. The minimum Gasteiger partial charge on any atom is -0.351 e. The number of imide groups is 1. The van der Waals surface area contributed by atoms with Crippen LogP contribution in [0.5, 0.6) is 0 Å². The highest BCUT2D eigenvalue weighted by Gasteiger charge is 2.20. The van der Waals surface area contributed by atoms with Gasteiger partial charge in [-0.1, -0.05) is 37.2 Å². The van der Waals surface area contributed by atoms with E-state index in [1.165, 1.54) is 5.56 Å². The lowest BCUT2D eigenvalue weighted by Crippen LogP contribution is -2.39. The summed E-state index contributed by atoms with van der Waals surface area (Å²) in [6.07, 6.45) is 3.34. The smallest absolute Gasteiger partial charge is 0.318 e. The molecular formula is C15H20N6O2S. The van der Waals surface area contributed by atoms with E-state index in [0.29, 0.717) is 5.16 Å². The van der Waals surface area contributed by atoms with E-state index >= 15 is 0 Å². The first-order valence-electron chi connectivity index (χ1n) is 7.66. The molecule has 2 rings (SSSR count). The van der Waals surface area contributed by atoms with Crippen molar-refractivity contribution < 1.29 is 9.59 Å². The van der Waals surface area contributed by atoms with Crippen molar-refractivity contribution in [3.8, 4) is 5.69 Å². The number of aromatic nitrogens is 4. The number of carbonyl (C=O) groups excluding carboxylic acids is 2. The molecule has 1 aromatic heterocycles. The molecule has 0 unspecified atom stereocenters. The van der Waals surface area contributed by atoms with Crippen molar-refractivity contribution in [2.24, 2.45) is 5.73 Å². The molecule has 3 amide bonds. The third-order valence-electron chi connectivity index (χ3n) is 3.34. The number of aryl methyl sites for hydroxylation is 1. The highest BCUT2D eigenvalue weighted by molar-refractivity contribution is 8.00. The molecule has 8 nitrogen and oxygen atoms in total. The van der Waals surface area contributed by atoms with Crippen LogP contribution in [0.3, 0.4) is 0 Å². The molecule has 3 N–H and O–H groups in total. The van der Waals surface area contributed by atoms with E-state index in [1.807, 2.05) is 29.6 Å². The van der Waals surface area contributed by atoms with Gasteiger partial charge in [-0.05, 0) is 47.9 Å². The molecule has 128 valence electrons. The van der Waals surface area contributed by atoms with E-state index in [-0.39, 0.29) is 0 Å². The van der Waals surface area contributed by atoms with Gasteiger partial charge in [0.15, 0.2) is 0 Å². The maximum Gasteiger partial charge on any atom is 0.318 e. The number of amides is 3. The van der Waals surface area contributed by atoms with Crippen LogP contribution in [0.2, 0.25) is 0 Å². The summed E-state index contributed by atoms with van der Waals surface area (Å²) in [5.74, 6) is -0.489. The number of benzene rings is 1. The lowest BCUT2D eigenvalue weighted by atomic mass is 10.1. The van der Waals surface area contributed by atoms with Crippen LogP contribution in [0, 0.1) is 0 Å². The van der Waals surface area contributed by atoms with Gasteiger partial charge in [0.1, 0.15) is 0 Å². The zero-order chi connectivity index (χ0) is 17.5. The largest absolute Gasteiger partial charge is 0.351 e. The van der Waals surface area contributed by atoms with E-state index in [0.717, 1.165) is 36.7 Å². The molecule has 0 bridgehead atoms. The fourth-order valence-electron chi connectivity index (χ4n) is 2.03. The van der Waals surface area contributed by atoms with E-state index < -0.39 is 17.2 Å². The van der Waals surface area contributed by atoms with Gasteiger partial charge < -0.3 is 5.73 Å². The Labute approximate surface area is 144 Å². The summed E-state index contributed by atoms with van der Waals surface area (Å²) in [7, 11) is 0. The molecule has 1 heterocycles. The summed E-state index contributed by atoms with van der Waals surface area (Å²) in [4.78, 5) is 22.5. The van der Waals surface area contributed by atoms with Crippen LogP contribution < -0.4 is 11.1 Å². The first-order valence-corrected chi connectivity index (χ1v) is 8.54. The number of hydrogen-bond acceptors (Lipinski definition) is 6. The highest BCUT2D eigenvalue weighted by atomic mass is 32.2. The Bertz CT molecular complexity index is 700. The second-order valence-electron chi connectivity index (χ2n) is 5.26. The molecule has 0 saturated carbocycles. The fraction of sp³-hybridized carbons (Fsp3) is 0.400. The number of unbranched alkanes of at least 4 members (excludes halogenated alkanes) is 1. The van der Waals surface area contributed by atoms with Gasteiger partial charge in [0, 0.05) is 0 Å². The maximum absolute atomic E-state index is 11.8. The molecule has 9 heteroatoms. The lowest BCUT2D eigenvalue weighted by Gasteiger charge is -2.10. The van der Waals surface area contributed by atoms with Gasteiger partial charge in [-0.2, -0.15) is 4.68 Å². The summed E-state index contributed by atoms with van der Waals surface area (Å²) in [5, 5.41) is 13.5. The third kappa shape index (κ3) is 4.79. The Hall–Kier alpha value is -2.42. The van der Waals surface area contributed by atoms with Gasteiger partial charge in [0.2, 0.25) is 11.1 Å². The van der Waals surface area contributed by atoms with Gasteiger partial charge in [-0.3, -0.25) is 10.1 Å². The van der Waals surface area contributed by atoms with Crippen molar-refractivity contribution >= 4 is 23.7 Å². The minimum atomic E-state index is -0.880. The summed E-state index contributed by atoms with van der Waals surface area (Å²) in [5.41, 5.74) is 7.02. The number of hydrogen-bond donors (Lipinski definition) is 2. The molecule has 0 aliphatic heterocycles. The molecule has 1 aromatic carbocycles. The Morgan fingerprint density at radius 1 is 1.33 bits per heavy atom. The quantitative estimate of drug-likeness (QED) is 0.736. The Morgan fingerprint density at radius 3 is 2.67 bits per heavy atom. The van der Waals surface area contributed by atoms with Crippen LogP contribution in [0.15, 0.2) is 29.4 Å². The number of urea groups is 1. The Morgan fingerprint density at radius 2 is 2.04 bits per heavy atom. The number of nitrogens with zero attached hydrogens (tertiary/aromatic N) is 4. The van der Waals surface area contributed by atoms with Crippen LogP contribution >= 0.6 is 11.8 Å². The van der Waals surface area contributed by atoms with Gasteiger partial charge in [-0.15, -0.1) is 5.10 Å². The maximum atomic E-state index is 11.8. The minimum absolute atomic E-state index is 0.462. The van der Waals surface area contributed by atoms with Crippen molar-refractivity contribution in [3.63, 3.8) is 0 Å². The third-order valence-corrected chi connectivity index (χ3v) is 4.37. The number of thioether (sulfide) groups is 1. The molecular weight excluding hydrogens is 328 g/mol. The fourth-order valence-corrected chi connectivity index (χ4v) is 2.84. The number of primary amides is 1. The summed E-state index contributed by atoms with van der Waals surface area (Å²) < 4.78 is 1.56. The van der Waals surface area contributed by atoms with E-state index in [2.05, 4.69) is 22.4 Å². The van der Waals surface area contributed by atoms with Crippen molar-refractivity contribution in [2.45, 2.75) is 43.5 Å². The van der Waals surface area contributed by atoms with Gasteiger partial charge >= 0.3 is 6.03 Å². The molecule has 0 radical (unpaired) electrons. The average molecular weight is 348 g/mol. The van der Waals surface area contributed by atoms with Crippen LogP contribution in [0.4, 0.5) is 4.79 Å². The Balaban J connectivity index is 2.09. The Kier molecular flexibility index (Phi) is 6.30. The SMILES string of the molecule is CCCCc1ccc(-n2nnnc2S[C@H](C)C(=O)NC(N)=O)cc1. The van der Waals surface area contributed by atoms with Crippen LogP contribution in [0.1, 0.15) is 32.3 Å². The standard InChI is InChI=1S/C15H20N6O2S/c1-3-4-5-11-6-8-12(9-7-11)21-15(18-19-20-21)24-10(2)13(22)17-14(16)23/h6-10H,3-5H2,1-2H3,(H3,16,17,22,23)/t10-/m1/s1. The molecule has 0 aliphatic rings. The first kappa shape index (κ1) is 17.9. The monoisotopic (exact) mass is 348 g/mol. The molecule has 24 heavy (non-hydrogen) atoms. The van der Waals surface area contributed by atoms with Crippen molar-refractivity contribution in [1.82, 2.24) is 25.5 Å². The molecule has 2 aromatic rings. The summed E-state index contributed by atoms with van der Waals surface area (Å²) >= 11 is 1.15. The number of nitrogens with two attached hydrogens (primary N) is 1. The van der Waals surface area contributed by atoms with Crippen LogP contribution in [-0.4, -0.2) is 37.4 Å². The zero-order valence-corrected chi connectivity index (χ0v) is 14.4. The topological polar surface area (TPSA) is 116 Å². The number of nitrogens with one attached hydrogen (secondary N) is 1. The highest BCUT2D eigenvalue weighted by Crippen LogP contribution is 2.23. The second-order valence-corrected chi connectivity index (χ2v) is 6.56. The summed E-state index contributed by atoms with van der Waals surface area (Å²) in [6.45, 7) is 3.81. The van der Waals surface area contributed by atoms with Gasteiger partial charge in [0.05, 0.1) is 10.9 Å². The van der Waals surface area contributed by atoms with Gasteiger partial charge in [-0.25, -0.2) is 4.79 Å². The average Bonchev–Trinajstić information content (AvgIpc) is 3.00. The van der Waals surface area contributed by atoms with Crippen molar-refractivity contribution in [2.75, 3.05) is 0 Å². The first-order chi connectivity index (χ1) is 11.5. The van der Waals surface area contributed by atoms with Gasteiger partial charge in [0.25, 0.3) is 0 Å². The van der Waals surface area contributed by atoms with E-state index in [4.69, 9.17) is 5.73 Å².